The number of rotatable bonds is 1. The number of hydrogen-bond acceptors (Lipinski definition) is 4. The van der Waals surface area contributed by atoms with Gasteiger partial charge in [-0.2, -0.15) is 5.26 Å². The molecule has 0 unspecified atom stereocenters. The third kappa shape index (κ3) is 1.98. The van der Waals surface area contributed by atoms with Gasteiger partial charge >= 0.3 is 0 Å². The number of pyridine rings is 1. The lowest BCUT2D eigenvalue weighted by Crippen LogP contribution is -2.00. The van der Waals surface area contributed by atoms with Gasteiger partial charge in [-0.25, -0.2) is 4.98 Å². The number of aromatic nitrogens is 1. The van der Waals surface area contributed by atoms with Crippen molar-refractivity contribution in [3.05, 3.63) is 64.4 Å². The molecule has 0 saturated heterocycles. The SMILES string of the molecule is N#Cc1ccc(-c2cc(=O)c3cccnc3o2)cc1. The number of nitrogens with zero attached hydrogens (tertiary/aromatic N) is 2. The lowest BCUT2D eigenvalue weighted by atomic mass is 10.1. The first kappa shape index (κ1) is 11.2. The Morgan fingerprint density at radius 3 is 2.68 bits per heavy atom. The molecule has 3 aromatic rings. The van der Waals surface area contributed by atoms with E-state index in [4.69, 9.17) is 9.68 Å². The molecule has 2 aromatic heterocycles. The molecule has 0 amide bonds. The minimum atomic E-state index is -0.131. The summed E-state index contributed by atoms with van der Waals surface area (Å²) in [5, 5.41) is 9.21. The molecule has 0 N–H and O–H groups in total. The van der Waals surface area contributed by atoms with Gasteiger partial charge in [0.2, 0.25) is 5.71 Å². The van der Waals surface area contributed by atoms with Gasteiger partial charge in [0.1, 0.15) is 5.76 Å². The molecule has 0 saturated carbocycles. The molecular weight excluding hydrogens is 240 g/mol. The standard InChI is InChI=1S/C15H8N2O2/c16-9-10-3-5-11(6-4-10)14-8-13(18)12-2-1-7-17-15(12)19-14/h1-8H. The molecule has 1 aromatic carbocycles. The smallest absolute Gasteiger partial charge is 0.230 e. The minimum absolute atomic E-state index is 0.131. The zero-order valence-corrected chi connectivity index (χ0v) is 9.83. The first-order valence-corrected chi connectivity index (χ1v) is 5.67. The number of nitriles is 1. The Balaban J connectivity index is 2.20. The third-order valence-corrected chi connectivity index (χ3v) is 2.80. The largest absolute Gasteiger partial charge is 0.437 e. The summed E-state index contributed by atoms with van der Waals surface area (Å²) in [5.74, 6) is 0.445. The highest BCUT2D eigenvalue weighted by atomic mass is 16.3. The summed E-state index contributed by atoms with van der Waals surface area (Å²) in [4.78, 5) is 16.0. The predicted molar refractivity (Wildman–Crippen MR) is 70.4 cm³/mol. The average Bonchev–Trinajstić information content (AvgIpc) is 2.47. The molecule has 4 nitrogen and oxygen atoms in total. The zero-order valence-electron chi connectivity index (χ0n) is 9.83. The molecule has 2 heterocycles. The second-order valence-corrected chi connectivity index (χ2v) is 4.02. The molecule has 0 fully saturated rings. The van der Waals surface area contributed by atoms with Gasteiger partial charge in [-0.3, -0.25) is 4.79 Å². The van der Waals surface area contributed by atoms with E-state index in [2.05, 4.69) is 4.98 Å². The first-order valence-electron chi connectivity index (χ1n) is 5.67. The minimum Gasteiger partial charge on any atom is -0.437 e. The molecule has 19 heavy (non-hydrogen) atoms. The van der Waals surface area contributed by atoms with E-state index in [1.807, 2.05) is 6.07 Å². The van der Waals surface area contributed by atoms with Crippen LogP contribution in [0.4, 0.5) is 0 Å². The van der Waals surface area contributed by atoms with Crippen molar-refractivity contribution in [2.45, 2.75) is 0 Å². The van der Waals surface area contributed by atoms with E-state index in [-0.39, 0.29) is 5.43 Å². The zero-order chi connectivity index (χ0) is 13.2. The van der Waals surface area contributed by atoms with Crippen molar-refractivity contribution >= 4 is 11.1 Å². The van der Waals surface area contributed by atoms with Crippen LogP contribution in [0.25, 0.3) is 22.4 Å². The summed E-state index contributed by atoms with van der Waals surface area (Å²) in [6.45, 7) is 0. The molecule has 0 spiro atoms. The van der Waals surface area contributed by atoms with Crippen LogP contribution in [-0.4, -0.2) is 4.98 Å². The van der Waals surface area contributed by atoms with Crippen molar-refractivity contribution in [3.63, 3.8) is 0 Å². The maximum atomic E-state index is 11.9. The lowest BCUT2D eigenvalue weighted by molar-refractivity contribution is 0.605. The summed E-state index contributed by atoms with van der Waals surface area (Å²) >= 11 is 0. The van der Waals surface area contributed by atoms with E-state index in [1.54, 1.807) is 42.6 Å². The van der Waals surface area contributed by atoms with E-state index in [0.29, 0.717) is 22.4 Å². The van der Waals surface area contributed by atoms with Crippen LogP contribution in [0.15, 0.2) is 57.9 Å². The van der Waals surface area contributed by atoms with E-state index in [9.17, 15) is 4.79 Å². The van der Waals surface area contributed by atoms with Crippen molar-refractivity contribution in [3.8, 4) is 17.4 Å². The van der Waals surface area contributed by atoms with Gasteiger partial charge in [-0.1, -0.05) is 0 Å². The number of hydrogen-bond donors (Lipinski definition) is 0. The Morgan fingerprint density at radius 2 is 1.95 bits per heavy atom. The van der Waals surface area contributed by atoms with Gasteiger partial charge in [0.15, 0.2) is 5.43 Å². The van der Waals surface area contributed by atoms with E-state index < -0.39 is 0 Å². The Morgan fingerprint density at radius 1 is 1.16 bits per heavy atom. The van der Waals surface area contributed by atoms with Crippen LogP contribution in [0.2, 0.25) is 0 Å². The summed E-state index contributed by atoms with van der Waals surface area (Å²) < 4.78 is 5.61. The molecule has 4 heteroatoms. The molecule has 0 bridgehead atoms. The van der Waals surface area contributed by atoms with Crippen LogP contribution < -0.4 is 5.43 Å². The fourth-order valence-electron chi connectivity index (χ4n) is 1.84. The third-order valence-electron chi connectivity index (χ3n) is 2.80. The first-order chi connectivity index (χ1) is 9.28. The van der Waals surface area contributed by atoms with Crippen molar-refractivity contribution in [1.29, 1.82) is 5.26 Å². The second kappa shape index (κ2) is 4.39. The topological polar surface area (TPSA) is 66.9 Å². The van der Waals surface area contributed by atoms with Crippen LogP contribution >= 0.6 is 0 Å². The Labute approximate surface area is 108 Å². The Bertz CT molecular complexity index is 842. The van der Waals surface area contributed by atoms with E-state index >= 15 is 0 Å². The van der Waals surface area contributed by atoms with Crippen LogP contribution in [0.3, 0.4) is 0 Å². The summed E-state index contributed by atoms with van der Waals surface area (Å²) in [5.41, 5.74) is 1.48. The second-order valence-electron chi connectivity index (χ2n) is 4.02. The summed E-state index contributed by atoms with van der Waals surface area (Å²) in [6, 6.07) is 13.7. The highest BCUT2D eigenvalue weighted by Gasteiger charge is 2.07. The molecule has 0 aliphatic carbocycles. The monoisotopic (exact) mass is 248 g/mol. The number of fused-ring (bicyclic) bond motifs is 1. The number of benzene rings is 1. The average molecular weight is 248 g/mol. The van der Waals surface area contributed by atoms with Crippen LogP contribution in [-0.2, 0) is 0 Å². The van der Waals surface area contributed by atoms with Gasteiger partial charge in [-0.05, 0) is 36.4 Å². The summed E-state index contributed by atoms with van der Waals surface area (Å²) in [7, 11) is 0. The van der Waals surface area contributed by atoms with Crippen molar-refractivity contribution < 1.29 is 4.42 Å². The molecule has 90 valence electrons. The molecule has 0 atom stereocenters. The fraction of sp³-hybridized carbons (Fsp3) is 0. The van der Waals surface area contributed by atoms with Gasteiger partial charge in [0.05, 0.1) is 17.0 Å². The highest BCUT2D eigenvalue weighted by Crippen LogP contribution is 2.21. The van der Waals surface area contributed by atoms with Crippen molar-refractivity contribution in [2.24, 2.45) is 0 Å². The maximum Gasteiger partial charge on any atom is 0.230 e. The molecule has 3 rings (SSSR count). The molecule has 0 aliphatic rings. The summed E-state index contributed by atoms with van der Waals surface area (Å²) in [6.07, 6.45) is 1.58. The highest BCUT2D eigenvalue weighted by molar-refractivity contribution is 5.75. The van der Waals surface area contributed by atoms with E-state index in [1.165, 1.54) is 6.07 Å². The molecule has 0 radical (unpaired) electrons. The normalized spacial score (nSPS) is 10.3. The van der Waals surface area contributed by atoms with Gasteiger partial charge in [-0.15, -0.1) is 0 Å². The van der Waals surface area contributed by atoms with Crippen molar-refractivity contribution in [1.82, 2.24) is 4.98 Å². The van der Waals surface area contributed by atoms with Crippen LogP contribution in [0.5, 0.6) is 0 Å². The fourth-order valence-corrected chi connectivity index (χ4v) is 1.84. The van der Waals surface area contributed by atoms with Crippen LogP contribution in [0.1, 0.15) is 5.56 Å². The van der Waals surface area contributed by atoms with Gasteiger partial charge in [0.25, 0.3) is 0 Å². The Hall–Kier alpha value is -2.93. The predicted octanol–water partition coefficient (Wildman–Crippen LogP) is 2.73. The quantitative estimate of drug-likeness (QED) is 0.664. The Kier molecular flexibility index (Phi) is 2.58. The lowest BCUT2D eigenvalue weighted by Gasteiger charge is -2.02. The van der Waals surface area contributed by atoms with Crippen LogP contribution in [0, 0.1) is 11.3 Å². The van der Waals surface area contributed by atoms with Gasteiger partial charge in [0, 0.05) is 17.8 Å². The molecular formula is C15H8N2O2. The van der Waals surface area contributed by atoms with Crippen molar-refractivity contribution in [2.75, 3.05) is 0 Å². The molecule has 0 aliphatic heterocycles. The maximum absolute atomic E-state index is 11.9. The van der Waals surface area contributed by atoms with E-state index in [0.717, 1.165) is 5.56 Å². The van der Waals surface area contributed by atoms with Gasteiger partial charge < -0.3 is 4.42 Å².